The van der Waals surface area contributed by atoms with E-state index in [-0.39, 0.29) is 0 Å². The van der Waals surface area contributed by atoms with Crippen LogP contribution in [0, 0.1) is 0 Å². The van der Waals surface area contributed by atoms with E-state index in [0.717, 1.165) is 25.3 Å². The molecule has 0 spiro atoms. The molecule has 1 atom stereocenters. The Morgan fingerprint density at radius 1 is 1.09 bits per heavy atom. The minimum absolute atomic E-state index is 0.523. The zero-order valence-corrected chi connectivity index (χ0v) is 13.0. The number of aromatic nitrogens is 4. The Labute approximate surface area is 131 Å². The molecule has 22 heavy (non-hydrogen) atoms. The summed E-state index contributed by atoms with van der Waals surface area (Å²) in [5.41, 5.74) is 3.00. The molecule has 0 saturated heterocycles. The van der Waals surface area contributed by atoms with Crippen molar-refractivity contribution in [3.63, 3.8) is 0 Å². The molecule has 1 unspecified atom stereocenters. The van der Waals surface area contributed by atoms with E-state index in [2.05, 4.69) is 44.5 Å². The van der Waals surface area contributed by atoms with Crippen LogP contribution in [-0.4, -0.2) is 26.8 Å². The highest BCUT2D eigenvalue weighted by molar-refractivity contribution is 5.27. The van der Waals surface area contributed by atoms with E-state index in [4.69, 9.17) is 0 Å². The van der Waals surface area contributed by atoms with Gasteiger partial charge in [-0.25, -0.2) is 4.68 Å². The maximum absolute atomic E-state index is 4.32. The van der Waals surface area contributed by atoms with Gasteiger partial charge in [0, 0.05) is 12.0 Å². The first-order chi connectivity index (χ1) is 10.9. The van der Waals surface area contributed by atoms with Crippen LogP contribution in [0.4, 0.5) is 0 Å². The molecule has 5 nitrogen and oxygen atoms in total. The molecule has 1 N–H and O–H groups in total. The predicted molar refractivity (Wildman–Crippen MR) is 83.3 cm³/mol. The Balaban J connectivity index is 1.47. The van der Waals surface area contributed by atoms with Crippen LogP contribution >= 0.6 is 0 Å². The number of hydrogen-bond donors (Lipinski definition) is 1. The lowest BCUT2D eigenvalue weighted by Gasteiger charge is -2.27. The largest absolute Gasteiger partial charge is 0.324 e. The number of rotatable bonds is 3. The lowest BCUT2D eigenvalue weighted by molar-refractivity contribution is -0.930. The number of nitrogens with zero attached hydrogens (tertiary/aromatic N) is 4. The van der Waals surface area contributed by atoms with E-state index in [1.807, 2.05) is 0 Å². The second-order valence-electron chi connectivity index (χ2n) is 6.70. The molecule has 2 aromatic rings. The highest BCUT2D eigenvalue weighted by Crippen LogP contribution is 2.27. The summed E-state index contributed by atoms with van der Waals surface area (Å²) in [6, 6.07) is 9.34. The standard InChI is InChI=1S/C17H23N5/c1-2-8-16(9-3-1)22-17(18-19-20-22)13-21-11-10-14-6-4-5-7-15(14)12-21/h4-7,16H,1-3,8-13H2/p+1. The summed E-state index contributed by atoms with van der Waals surface area (Å²) in [6.45, 7) is 3.21. The Morgan fingerprint density at radius 3 is 2.77 bits per heavy atom. The Morgan fingerprint density at radius 2 is 1.91 bits per heavy atom. The third-order valence-electron chi connectivity index (χ3n) is 5.20. The summed E-state index contributed by atoms with van der Waals surface area (Å²) in [6.07, 6.45) is 7.62. The molecule has 5 heteroatoms. The SMILES string of the molecule is c1ccc2c(c1)CC[NH+](Cc1nnnn1C1CCCCC1)C2. The molecule has 2 heterocycles. The van der Waals surface area contributed by atoms with Crippen molar-refractivity contribution in [2.75, 3.05) is 6.54 Å². The van der Waals surface area contributed by atoms with E-state index in [1.54, 1.807) is 4.90 Å². The molecule has 0 bridgehead atoms. The number of fused-ring (bicyclic) bond motifs is 1. The number of nitrogens with one attached hydrogen (secondary N) is 1. The number of tetrazole rings is 1. The molecule has 1 aromatic heterocycles. The van der Waals surface area contributed by atoms with Gasteiger partial charge in [-0.3, -0.25) is 0 Å². The smallest absolute Gasteiger partial charge is 0.206 e. The molecule has 1 aliphatic heterocycles. The van der Waals surface area contributed by atoms with Crippen LogP contribution in [0.5, 0.6) is 0 Å². The second kappa shape index (κ2) is 6.16. The lowest BCUT2D eigenvalue weighted by Crippen LogP contribution is -3.10. The molecular formula is C17H24N5+. The molecule has 4 rings (SSSR count). The fourth-order valence-electron chi connectivity index (χ4n) is 3.96. The maximum Gasteiger partial charge on any atom is 0.206 e. The Hall–Kier alpha value is -1.75. The zero-order chi connectivity index (χ0) is 14.8. The Bertz CT molecular complexity index is 629. The van der Waals surface area contributed by atoms with Crippen LogP contribution in [0.15, 0.2) is 24.3 Å². The predicted octanol–water partition coefficient (Wildman–Crippen LogP) is 1.32. The van der Waals surface area contributed by atoms with Gasteiger partial charge in [0.2, 0.25) is 5.82 Å². The first kappa shape index (κ1) is 13.9. The van der Waals surface area contributed by atoms with Crippen molar-refractivity contribution in [3.8, 4) is 0 Å². The first-order valence-electron chi connectivity index (χ1n) is 8.57. The molecule has 0 amide bonds. The minimum Gasteiger partial charge on any atom is -0.324 e. The monoisotopic (exact) mass is 298 g/mol. The highest BCUT2D eigenvalue weighted by Gasteiger charge is 2.25. The molecular weight excluding hydrogens is 274 g/mol. The molecule has 2 aliphatic rings. The summed E-state index contributed by atoms with van der Waals surface area (Å²) in [7, 11) is 0. The number of quaternary nitrogens is 1. The number of benzene rings is 1. The highest BCUT2D eigenvalue weighted by atomic mass is 15.6. The van der Waals surface area contributed by atoms with Gasteiger partial charge in [0.05, 0.1) is 12.6 Å². The number of hydrogen-bond acceptors (Lipinski definition) is 3. The summed E-state index contributed by atoms with van der Waals surface area (Å²) < 4.78 is 2.12. The second-order valence-corrected chi connectivity index (χ2v) is 6.70. The average molecular weight is 298 g/mol. The van der Waals surface area contributed by atoms with Gasteiger partial charge in [-0.05, 0) is 28.8 Å². The van der Waals surface area contributed by atoms with Gasteiger partial charge >= 0.3 is 0 Å². The molecule has 1 aromatic carbocycles. The van der Waals surface area contributed by atoms with Gasteiger partial charge in [0.1, 0.15) is 13.1 Å². The third-order valence-corrected chi connectivity index (χ3v) is 5.20. The van der Waals surface area contributed by atoms with Gasteiger partial charge in [-0.2, -0.15) is 0 Å². The van der Waals surface area contributed by atoms with Crippen LogP contribution in [0.1, 0.15) is 55.1 Å². The van der Waals surface area contributed by atoms with Gasteiger partial charge in [-0.15, -0.1) is 5.10 Å². The van der Waals surface area contributed by atoms with Gasteiger partial charge < -0.3 is 4.90 Å². The topological polar surface area (TPSA) is 48.0 Å². The van der Waals surface area contributed by atoms with Crippen molar-refractivity contribution in [1.29, 1.82) is 0 Å². The van der Waals surface area contributed by atoms with E-state index in [1.165, 1.54) is 49.8 Å². The fraction of sp³-hybridized carbons (Fsp3) is 0.588. The van der Waals surface area contributed by atoms with Gasteiger partial charge in [0.25, 0.3) is 0 Å². The normalized spacial score (nSPS) is 22.5. The van der Waals surface area contributed by atoms with Crippen LogP contribution in [-0.2, 0) is 19.5 Å². The van der Waals surface area contributed by atoms with Crippen molar-refractivity contribution >= 4 is 0 Å². The van der Waals surface area contributed by atoms with Gasteiger partial charge in [-0.1, -0.05) is 43.5 Å². The minimum atomic E-state index is 0.523. The summed E-state index contributed by atoms with van der Waals surface area (Å²) in [5, 5.41) is 12.6. The van der Waals surface area contributed by atoms with Crippen molar-refractivity contribution in [2.45, 2.75) is 57.7 Å². The van der Waals surface area contributed by atoms with Crippen LogP contribution in [0.3, 0.4) is 0 Å². The molecule has 116 valence electrons. The zero-order valence-electron chi connectivity index (χ0n) is 13.0. The third kappa shape index (κ3) is 2.77. The van der Waals surface area contributed by atoms with Crippen molar-refractivity contribution < 1.29 is 4.90 Å². The van der Waals surface area contributed by atoms with E-state index in [0.29, 0.717) is 6.04 Å². The van der Waals surface area contributed by atoms with E-state index < -0.39 is 0 Å². The van der Waals surface area contributed by atoms with Crippen molar-refractivity contribution in [3.05, 3.63) is 41.2 Å². The maximum atomic E-state index is 4.32. The quantitative estimate of drug-likeness (QED) is 0.930. The van der Waals surface area contributed by atoms with E-state index >= 15 is 0 Å². The summed E-state index contributed by atoms with van der Waals surface area (Å²) >= 11 is 0. The van der Waals surface area contributed by atoms with Crippen LogP contribution in [0.25, 0.3) is 0 Å². The lowest BCUT2D eigenvalue weighted by atomic mass is 9.95. The fourth-order valence-corrected chi connectivity index (χ4v) is 3.96. The molecule has 0 radical (unpaired) electrons. The van der Waals surface area contributed by atoms with Crippen molar-refractivity contribution in [2.24, 2.45) is 0 Å². The van der Waals surface area contributed by atoms with Crippen molar-refractivity contribution in [1.82, 2.24) is 20.2 Å². The first-order valence-corrected chi connectivity index (χ1v) is 8.57. The average Bonchev–Trinajstić information content (AvgIpc) is 3.04. The Kier molecular flexibility index (Phi) is 3.89. The summed E-state index contributed by atoms with van der Waals surface area (Å²) in [5.74, 6) is 1.07. The molecule has 1 saturated carbocycles. The van der Waals surface area contributed by atoms with Crippen LogP contribution < -0.4 is 4.90 Å². The summed E-state index contributed by atoms with van der Waals surface area (Å²) in [4.78, 5) is 1.57. The molecule has 1 fully saturated rings. The van der Waals surface area contributed by atoms with Crippen LogP contribution in [0.2, 0.25) is 0 Å². The van der Waals surface area contributed by atoms with E-state index in [9.17, 15) is 0 Å². The molecule has 1 aliphatic carbocycles. The van der Waals surface area contributed by atoms with Gasteiger partial charge in [0.15, 0.2) is 0 Å².